The number of oxime groups is 1. The first-order chi connectivity index (χ1) is 10.2. The normalized spacial score (nSPS) is 13.1. The average Bonchev–Trinajstić information content (AvgIpc) is 2.53. The molecule has 0 aliphatic heterocycles. The molecule has 21 heavy (non-hydrogen) atoms. The number of nitrogens with one attached hydrogen (secondary N) is 1. The Bertz CT molecular complexity index is 581. The van der Waals surface area contributed by atoms with Crippen LogP contribution in [0.4, 0.5) is 0 Å². The molecule has 1 atom stereocenters. The summed E-state index contributed by atoms with van der Waals surface area (Å²) in [6.07, 6.45) is 2.30. The summed E-state index contributed by atoms with van der Waals surface area (Å²) in [6.45, 7) is 2.63. The molecule has 5 heteroatoms. The summed E-state index contributed by atoms with van der Waals surface area (Å²) in [5.41, 5.74) is 8.84. The van der Waals surface area contributed by atoms with Crippen molar-refractivity contribution in [3.8, 4) is 0 Å². The van der Waals surface area contributed by atoms with Crippen LogP contribution in [0.5, 0.6) is 0 Å². The van der Waals surface area contributed by atoms with E-state index in [0.717, 1.165) is 16.8 Å². The van der Waals surface area contributed by atoms with Crippen LogP contribution in [0.3, 0.4) is 0 Å². The van der Waals surface area contributed by atoms with E-state index in [1.54, 1.807) is 0 Å². The molecule has 0 aliphatic carbocycles. The van der Waals surface area contributed by atoms with Crippen LogP contribution in [0.15, 0.2) is 53.8 Å². The number of hydrogen-bond donors (Lipinski definition) is 3. The van der Waals surface area contributed by atoms with Gasteiger partial charge in [-0.1, -0.05) is 41.6 Å². The summed E-state index contributed by atoms with van der Waals surface area (Å²) in [7, 11) is 0. The van der Waals surface area contributed by atoms with Gasteiger partial charge >= 0.3 is 0 Å². The summed E-state index contributed by atoms with van der Waals surface area (Å²) >= 11 is 0. The Labute approximate surface area is 124 Å². The maximum Gasteiger partial charge on any atom is 0.141 e. The topological polar surface area (TPSA) is 83.5 Å². The average molecular weight is 284 g/mol. The molecule has 0 bridgehead atoms. The standard InChI is InChI=1S/C16H20N4O/c1-12-7-8-13(10-18-12)11-19-15(9-16(17)20-21)14-5-3-2-4-6-14/h2-8,10,15,19,21H,9,11H2,1H3,(H2,17,20). The van der Waals surface area contributed by atoms with E-state index in [-0.39, 0.29) is 11.9 Å². The first-order valence-electron chi connectivity index (χ1n) is 6.85. The minimum Gasteiger partial charge on any atom is -0.409 e. The minimum atomic E-state index is -0.0107. The number of nitrogens with two attached hydrogens (primary N) is 1. The highest BCUT2D eigenvalue weighted by Gasteiger charge is 2.13. The second kappa shape index (κ2) is 7.40. The summed E-state index contributed by atoms with van der Waals surface area (Å²) in [5.74, 6) is 0.207. The molecule has 0 fully saturated rings. The Morgan fingerprint density at radius 1 is 1.29 bits per heavy atom. The molecule has 0 amide bonds. The fourth-order valence-electron chi connectivity index (χ4n) is 2.09. The smallest absolute Gasteiger partial charge is 0.141 e. The first-order valence-corrected chi connectivity index (χ1v) is 6.85. The Hall–Kier alpha value is -2.40. The molecule has 0 aliphatic rings. The van der Waals surface area contributed by atoms with Gasteiger partial charge in [0, 0.05) is 30.9 Å². The van der Waals surface area contributed by atoms with Crippen molar-refractivity contribution in [2.45, 2.75) is 25.9 Å². The summed E-state index contributed by atoms with van der Waals surface area (Å²) in [6, 6.07) is 14.0. The number of amidine groups is 1. The highest BCUT2D eigenvalue weighted by Crippen LogP contribution is 2.17. The second-order valence-electron chi connectivity index (χ2n) is 4.95. The summed E-state index contributed by atoms with van der Waals surface area (Å²) in [4.78, 5) is 4.28. The van der Waals surface area contributed by atoms with E-state index in [2.05, 4.69) is 15.5 Å². The maximum absolute atomic E-state index is 8.77. The highest BCUT2D eigenvalue weighted by atomic mass is 16.4. The molecular weight excluding hydrogens is 264 g/mol. The van der Waals surface area contributed by atoms with E-state index < -0.39 is 0 Å². The van der Waals surface area contributed by atoms with Crippen molar-refractivity contribution in [3.63, 3.8) is 0 Å². The molecule has 1 aromatic carbocycles. The molecule has 4 N–H and O–H groups in total. The zero-order valence-corrected chi connectivity index (χ0v) is 12.0. The lowest BCUT2D eigenvalue weighted by atomic mass is 10.0. The molecular formula is C16H20N4O. The quantitative estimate of drug-likeness (QED) is 0.329. The molecule has 1 heterocycles. The SMILES string of the molecule is Cc1ccc(CNC(CC(N)=NO)c2ccccc2)cn1. The van der Waals surface area contributed by atoms with Crippen LogP contribution in [-0.2, 0) is 6.54 Å². The zero-order chi connectivity index (χ0) is 15.1. The van der Waals surface area contributed by atoms with E-state index in [4.69, 9.17) is 10.9 Å². The van der Waals surface area contributed by atoms with Crippen molar-refractivity contribution in [1.29, 1.82) is 0 Å². The molecule has 0 saturated heterocycles. The number of pyridine rings is 1. The lowest BCUT2D eigenvalue weighted by molar-refractivity contribution is 0.315. The lowest BCUT2D eigenvalue weighted by Gasteiger charge is -2.18. The van der Waals surface area contributed by atoms with E-state index >= 15 is 0 Å². The second-order valence-corrected chi connectivity index (χ2v) is 4.95. The van der Waals surface area contributed by atoms with Crippen LogP contribution < -0.4 is 11.1 Å². The van der Waals surface area contributed by atoms with Gasteiger partial charge in [0.2, 0.25) is 0 Å². The van der Waals surface area contributed by atoms with Crippen LogP contribution >= 0.6 is 0 Å². The Morgan fingerprint density at radius 2 is 2.05 bits per heavy atom. The summed E-state index contributed by atoms with van der Waals surface area (Å²) < 4.78 is 0. The van der Waals surface area contributed by atoms with Gasteiger partial charge in [-0.3, -0.25) is 4.98 Å². The number of rotatable bonds is 6. The number of aromatic nitrogens is 1. The molecule has 5 nitrogen and oxygen atoms in total. The van der Waals surface area contributed by atoms with E-state index in [1.165, 1.54) is 0 Å². The van der Waals surface area contributed by atoms with Gasteiger partial charge in [0.1, 0.15) is 5.84 Å². The number of benzene rings is 1. The van der Waals surface area contributed by atoms with Crippen molar-refractivity contribution in [3.05, 3.63) is 65.5 Å². The van der Waals surface area contributed by atoms with Crippen LogP contribution in [0.1, 0.15) is 29.3 Å². The predicted octanol–water partition coefficient (Wildman–Crippen LogP) is 2.36. The third-order valence-corrected chi connectivity index (χ3v) is 3.27. The maximum atomic E-state index is 8.77. The summed E-state index contributed by atoms with van der Waals surface area (Å²) in [5, 5.41) is 15.3. The van der Waals surface area contributed by atoms with Crippen molar-refractivity contribution in [2.75, 3.05) is 0 Å². The monoisotopic (exact) mass is 284 g/mol. The van der Waals surface area contributed by atoms with E-state index in [0.29, 0.717) is 13.0 Å². The van der Waals surface area contributed by atoms with Crippen LogP contribution in [-0.4, -0.2) is 16.0 Å². The number of aryl methyl sites for hydroxylation is 1. The van der Waals surface area contributed by atoms with E-state index in [9.17, 15) is 0 Å². The Morgan fingerprint density at radius 3 is 2.67 bits per heavy atom. The van der Waals surface area contributed by atoms with Gasteiger partial charge in [-0.2, -0.15) is 0 Å². The third-order valence-electron chi connectivity index (χ3n) is 3.27. The first kappa shape index (κ1) is 15.0. The largest absolute Gasteiger partial charge is 0.409 e. The Balaban J connectivity index is 2.07. The van der Waals surface area contributed by atoms with Crippen molar-refractivity contribution in [2.24, 2.45) is 10.9 Å². The van der Waals surface area contributed by atoms with Gasteiger partial charge in [0.05, 0.1) is 0 Å². The fraction of sp³-hybridized carbons (Fsp3) is 0.250. The van der Waals surface area contributed by atoms with Gasteiger partial charge in [0.15, 0.2) is 0 Å². The lowest BCUT2D eigenvalue weighted by Crippen LogP contribution is -2.26. The third kappa shape index (κ3) is 4.57. The highest BCUT2D eigenvalue weighted by molar-refractivity contribution is 5.80. The van der Waals surface area contributed by atoms with Gasteiger partial charge < -0.3 is 16.3 Å². The minimum absolute atomic E-state index is 0.0107. The molecule has 0 radical (unpaired) electrons. The van der Waals surface area contributed by atoms with E-state index in [1.807, 2.05) is 55.6 Å². The van der Waals surface area contributed by atoms with Crippen LogP contribution in [0, 0.1) is 6.92 Å². The molecule has 0 saturated carbocycles. The predicted molar refractivity (Wildman–Crippen MR) is 83.0 cm³/mol. The molecule has 2 rings (SSSR count). The van der Waals surface area contributed by atoms with Gasteiger partial charge in [-0.15, -0.1) is 0 Å². The molecule has 110 valence electrons. The molecule has 0 spiro atoms. The van der Waals surface area contributed by atoms with Crippen molar-refractivity contribution in [1.82, 2.24) is 10.3 Å². The Kier molecular flexibility index (Phi) is 5.29. The van der Waals surface area contributed by atoms with Crippen molar-refractivity contribution < 1.29 is 5.21 Å². The van der Waals surface area contributed by atoms with Crippen molar-refractivity contribution >= 4 is 5.84 Å². The molecule has 1 unspecified atom stereocenters. The zero-order valence-electron chi connectivity index (χ0n) is 12.0. The van der Waals surface area contributed by atoms with Crippen LogP contribution in [0.2, 0.25) is 0 Å². The van der Waals surface area contributed by atoms with Gasteiger partial charge in [-0.05, 0) is 24.1 Å². The molecule has 1 aromatic heterocycles. The fourth-order valence-corrected chi connectivity index (χ4v) is 2.09. The molecule has 2 aromatic rings. The van der Waals surface area contributed by atoms with Crippen LogP contribution in [0.25, 0.3) is 0 Å². The number of nitrogens with zero attached hydrogens (tertiary/aromatic N) is 2. The van der Waals surface area contributed by atoms with Gasteiger partial charge in [-0.25, -0.2) is 0 Å². The number of hydrogen-bond acceptors (Lipinski definition) is 4. The van der Waals surface area contributed by atoms with Gasteiger partial charge in [0.25, 0.3) is 0 Å².